The number of carbonyl (C=O) groups is 3. The van der Waals surface area contributed by atoms with Crippen molar-refractivity contribution in [1.29, 1.82) is 0 Å². The van der Waals surface area contributed by atoms with E-state index < -0.39 is 35.2 Å². The number of rotatable bonds is 7. The number of nitrogens with zero attached hydrogens (tertiary/aromatic N) is 1. The quantitative estimate of drug-likeness (QED) is 0.274. The lowest BCUT2D eigenvalue weighted by atomic mass is 10.0. The first-order valence-corrected chi connectivity index (χ1v) is 13.8. The summed E-state index contributed by atoms with van der Waals surface area (Å²) in [5.74, 6) is -1.09. The molecule has 0 fully saturated rings. The molecule has 1 atom stereocenters. The second kappa shape index (κ2) is 12.9. The summed E-state index contributed by atoms with van der Waals surface area (Å²) in [6.45, 7) is 12.4. The highest BCUT2D eigenvalue weighted by atomic mass is 35.5. The van der Waals surface area contributed by atoms with E-state index in [2.05, 4.69) is 15.6 Å². The molecular weight excluding hydrogens is 565 g/mol. The van der Waals surface area contributed by atoms with Crippen LogP contribution in [0.5, 0.6) is 0 Å². The van der Waals surface area contributed by atoms with Crippen LogP contribution in [-0.4, -0.2) is 40.2 Å². The number of alkyl carbamates (subject to hydrolysis) is 1. The van der Waals surface area contributed by atoms with Gasteiger partial charge in [-0.25, -0.2) is 9.59 Å². The first kappa shape index (κ1) is 31.9. The average Bonchev–Trinajstić information content (AvgIpc) is 2.82. The SMILES string of the molecule is Cc1cc(-c2cc(NC(=O)C(Cc3ccc(Cl)cc3Cl)NC(=O)OC(C)(C)C)cc(C(=O)OC(C)(C)C)c2)ccn1. The second-order valence-electron chi connectivity index (χ2n) is 11.6. The summed E-state index contributed by atoms with van der Waals surface area (Å²) >= 11 is 12.4. The lowest BCUT2D eigenvalue weighted by Crippen LogP contribution is -2.47. The van der Waals surface area contributed by atoms with E-state index in [0.717, 1.165) is 11.3 Å². The van der Waals surface area contributed by atoms with Crippen molar-refractivity contribution in [2.45, 2.75) is 72.1 Å². The molecule has 0 aliphatic heterocycles. The van der Waals surface area contributed by atoms with Gasteiger partial charge in [-0.15, -0.1) is 0 Å². The first-order chi connectivity index (χ1) is 19.0. The van der Waals surface area contributed by atoms with Crippen LogP contribution in [0.3, 0.4) is 0 Å². The maximum Gasteiger partial charge on any atom is 0.408 e. The Balaban J connectivity index is 1.99. The zero-order valence-electron chi connectivity index (χ0n) is 24.2. The maximum atomic E-state index is 13.6. The Morgan fingerprint density at radius 1 is 0.878 bits per heavy atom. The molecule has 2 aromatic carbocycles. The number of amides is 2. The van der Waals surface area contributed by atoms with E-state index >= 15 is 0 Å². The standard InChI is InChI=1S/C31H35Cl2N3O5/c1-18-12-19(10-11-34-18)21-13-22(28(38)40-30(2,3)4)15-24(14-21)35-27(37)26(36-29(39)41-31(5,6)7)16-20-8-9-23(32)17-25(20)33/h8-15,17,26H,16H2,1-7H3,(H,35,37)(H,36,39). The minimum absolute atomic E-state index is 0.0588. The number of aromatic nitrogens is 1. The molecule has 10 heteroatoms. The molecule has 1 unspecified atom stereocenters. The molecule has 1 aromatic heterocycles. The molecule has 0 radical (unpaired) electrons. The Bertz CT molecular complexity index is 1440. The molecule has 0 aliphatic carbocycles. The third-order valence-electron chi connectivity index (χ3n) is 5.51. The highest BCUT2D eigenvalue weighted by Gasteiger charge is 2.27. The molecule has 3 aromatic rings. The summed E-state index contributed by atoms with van der Waals surface area (Å²) in [7, 11) is 0. The summed E-state index contributed by atoms with van der Waals surface area (Å²) in [5, 5.41) is 6.28. The van der Waals surface area contributed by atoms with Gasteiger partial charge in [-0.05, 0) is 108 Å². The van der Waals surface area contributed by atoms with Crippen LogP contribution in [0.2, 0.25) is 10.0 Å². The number of halogens is 2. The normalized spacial score (nSPS) is 12.3. The molecule has 41 heavy (non-hydrogen) atoms. The number of nitrogens with one attached hydrogen (secondary N) is 2. The van der Waals surface area contributed by atoms with Crippen LogP contribution in [0.25, 0.3) is 11.1 Å². The fourth-order valence-electron chi connectivity index (χ4n) is 3.84. The smallest absolute Gasteiger partial charge is 0.408 e. The zero-order valence-corrected chi connectivity index (χ0v) is 25.7. The lowest BCUT2D eigenvalue weighted by Gasteiger charge is -2.24. The van der Waals surface area contributed by atoms with Gasteiger partial charge in [-0.1, -0.05) is 29.3 Å². The molecule has 0 saturated heterocycles. The number of benzene rings is 2. The van der Waals surface area contributed by atoms with Gasteiger partial charge in [0.05, 0.1) is 5.56 Å². The van der Waals surface area contributed by atoms with E-state index in [-0.39, 0.29) is 12.0 Å². The van der Waals surface area contributed by atoms with Crippen molar-refractivity contribution in [3.8, 4) is 11.1 Å². The number of hydrogen-bond acceptors (Lipinski definition) is 6. The van der Waals surface area contributed by atoms with Gasteiger partial charge in [0.25, 0.3) is 0 Å². The van der Waals surface area contributed by atoms with Crippen molar-refractivity contribution in [2.75, 3.05) is 5.32 Å². The van der Waals surface area contributed by atoms with Gasteiger partial charge >= 0.3 is 12.1 Å². The largest absolute Gasteiger partial charge is 0.456 e. The van der Waals surface area contributed by atoms with Crippen molar-refractivity contribution >= 4 is 46.9 Å². The fraction of sp³-hybridized carbons (Fsp3) is 0.355. The molecule has 0 aliphatic rings. The minimum atomic E-state index is -1.07. The lowest BCUT2D eigenvalue weighted by molar-refractivity contribution is -0.118. The van der Waals surface area contributed by atoms with Gasteiger partial charge in [0, 0.05) is 34.0 Å². The Morgan fingerprint density at radius 2 is 1.56 bits per heavy atom. The van der Waals surface area contributed by atoms with Gasteiger partial charge < -0.3 is 20.1 Å². The van der Waals surface area contributed by atoms with Gasteiger partial charge in [0.15, 0.2) is 0 Å². The number of anilines is 1. The number of carbonyl (C=O) groups excluding carboxylic acids is 3. The molecule has 1 heterocycles. The highest BCUT2D eigenvalue weighted by Crippen LogP contribution is 2.28. The van der Waals surface area contributed by atoms with Crippen LogP contribution in [0, 0.1) is 6.92 Å². The molecule has 218 valence electrons. The summed E-state index contributed by atoms with van der Waals surface area (Å²) in [5.41, 5.74) is 1.95. The van der Waals surface area contributed by atoms with Crippen LogP contribution in [0.1, 0.15) is 63.2 Å². The molecular formula is C31H35Cl2N3O5. The summed E-state index contributed by atoms with van der Waals surface area (Å²) in [6, 6.07) is 12.5. The Kier molecular flexibility index (Phi) is 10.0. The van der Waals surface area contributed by atoms with E-state index in [4.69, 9.17) is 32.7 Å². The Labute approximate surface area is 250 Å². The van der Waals surface area contributed by atoms with E-state index in [1.54, 1.807) is 78.1 Å². The Hall–Kier alpha value is -3.62. The van der Waals surface area contributed by atoms with Crippen LogP contribution in [0.15, 0.2) is 54.7 Å². The van der Waals surface area contributed by atoms with Gasteiger partial charge in [-0.2, -0.15) is 0 Å². The van der Waals surface area contributed by atoms with E-state index in [1.165, 1.54) is 6.07 Å². The molecule has 0 saturated carbocycles. The first-order valence-electron chi connectivity index (χ1n) is 13.0. The number of hydrogen-bond donors (Lipinski definition) is 2. The molecule has 8 nitrogen and oxygen atoms in total. The van der Waals surface area contributed by atoms with Gasteiger partial charge in [0.2, 0.25) is 5.91 Å². The third kappa shape index (κ3) is 10.1. The van der Waals surface area contributed by atoms with Crippen LogP contribution < -0.4 is 10.6 Å². The molecule has 0 bridgehead atoms. The van der Waals surface area contributed by atoms with Gasteiger partial charge in [-0.3, -0.25) is 9.78 Å². The van der Waals surface area contributed by atoms with Gasteiger partial charge in [0.1, 0.15) is 17.2 Å². The maximum absolute atomic E-state index is 13.6. The minimum Gasteiger partial charge on any atom is -0.456 e. The fourth-order valence-corrected chi connectivity index (χ4v) is 4.33. The highest BCUT2D eigenvalue weighted by molar-refractivity contribution is 6.35. The van der Waals surface area contributed by atoms with Crippen LogP contribution >= 0.6 is 23.2 Å². The molecule has 3 rings (SSSR count). The molecule has 2 N–H and O–H groups in total. The topological polar surface area (TPSA) is 107 Å². The third-order valence-corrected chi connectivity index (χ3v) is 6.10. The summed E-state index contributed by atoms with van der Waals surface area (Å²) < 4.78 is 11.0. The predicted octanol–water partition coefficient (Wildman–Crippen LogP) is 7.39. The molecule has 0 spiro atoms. The second-order valence-corrected chi connectivity index (χ2v) is 12.5. The number of esters is 1. The number of aryl methyl sites for hydroxylation is 1. The van der Waals surface area contributed by atoms with Crippen molar-refractivity contribution in [2.24, 2.45) is 0 Å². The number of ether oxygens (including phenoxy) is 2. The Morgan fingerprint density at radius 3 is 2.17 bits per heavy atom. The van der Waals surface area contributed by atoms with E-state index in [9.17, 15) is 14.4 Å². The van der Waals surface area contributed by atoms with Crippen molar-refractivity contribution < 1.29 is 23.9 Å². The van der Waals surface area contributed by atoms with Crippen LogP contribution in [0.4, 0.5) is 10.5 Å². The van der Waals surface area contributed by atoms with E-state index in [0.29, 0.717) is 26.9 Å². The number of pyridine rings is 1. The average molecular weight is 601 g/mol. The van der Waals surface area contributed by atoms with E-state index in [1.807, 2.05) is 19.1 Å². The van der Waals surface area contributed by atoms with Crippen molar-refractivity contribution in [1.82, 2.24) is 10.3 Å². The van der Waals surface area contributed by atoms with Crippen LogP contribution in [-0.2, 0) is 20.7 Å². The zero-order chi connectivity index (χ0) is 30.5. The van der Waals surface area contributed by atoms with Crippen molar-refractivity contribution in [3.63, 3.8) is 0 Å². The predicted molar refractivity (Wildman–Crippen MR) is 162 cm³/mol. The molecule has 2 amide bonds. The van der Waals surface area contributed by atoms with Crippen molar-refractivity contribution in [3.05, 3.63) is 81.6 Å². The summed E-state index contributed by atoms with van der Waals surface area (Å²) in [6.07, 6.45) is 0.960. The summed E-state index contributed by atoms with van der Waals surface area (Å²) in [4.78, 5) is 43.6. The monoisotopic (exact) mass is 599 g/mol.